The van der Waals surface area contributed by atoms with Crippen LogP contribution in [-0.4, -0.2) is 64.7 Å². The first-order valence-electron chi connectivity index (χ1n) is 6.04. The van der Waals surface area contributed by atoms with Crippen molar-refractivity contribution in [2.45, 2.75) is 38.6 Å². The van der Waals surface area contributed by atoms with Crippen molar-refractivity contribution in [3.8, 4) is 0 Å². The fourth-order valence-corrected chi connectivity index (χ4v) is 2.03. The molecule has 0 aliphatic carbocycles. The van der Waals surface area contributed by atoms with Crippen molar-refractivity contribution in [2.24, 2.45) is 11.0 Å². The second-order valence-electron chi connectivity index (χ2n) is 4.28. The maximum Gasteiger partial charge on any atom is 0.398 e. The molecule has 0 aliphatic rings. The smallest absolute Gasteiger partial charge is 0.398 e. The summed E-state index contributed by atoms with van der Waals surface area (Å²) in [5.74, 6) is -3.54. The first kappa shape index (κ1) is 20.4. The average molecular weight is 342 g/mol. The lowest BCUT2D eigenvalue weighted by molar-refractivity contribution is -0.153. The minimum Gasteiger partial charge on any atom is -0.479 e. The van der Waals surface area contributed by atoms with Gasteiger partial charge in [0.15, 0.2) is 6.10 Å². The maximum atomic E-state index is 10.8. The standard InChI is InChI=1S/C10H18N2O9S/c1-3-6(9(15)10(16)17)8(14)7(21-22(18,19)20)4-11-12-5(2)13/h4,6-9,14-15H,3H2,1-2H3,(H,12,13)(H,16,17)(H,18,19,20)/t6-,7?,8+,9?/m0/s1. The number of hydrazone groups is 1. The van der Waals surface area contributed by atoms with E-state index < -0.39 is 46.5 Å². The second-order valence-corrected chi connectivity index (χ2v) is 5.33. The van der Waals surface area contributed by atoms with Crippen LogP contribution in [0.25, 0.3) is 0 Å². The minimum absolute atomic E-state index is 0.0477. The summed E-state index contributed by atoms with van der Waals surface area (Å²) in [5, 5.41) is 31.5. The number of carboxylic acids is 1. The Morgan fingerprint density at radius 2 is 1.91 bits per heavy atom. The van der Waals surface area contributed by atoms with Gasteiger partial charge in [0.2, 0.25) is 5.91 Å². The molecular formula is C10H18N2O9S. The van der Waals surface area contributed by atoms with Crippen LogP contribution in [0.1, 0.15) is 20.3 Å². The third kappa shape index (κ3) is 7.42. The van der Waals surface area contributed by atoms with E-state index in [9.17, 15) is 28.2 Å². The van der Waals surface area contributed by atoms with Gasteiger partial charge in [-0.3, -0.25) is 9.35 Å². The number of carbonyl (C=O) groups is 2. The molecule has 0 aromatic heterocycles. The molecule has 0 heterocycles. The van der Waals surface area contributed by atoms with Gasteiger partial charge in [-0.05, 0) is 6.42 Å². The monoisotopic (exact) mass is 342 g/mol. The summed E-state index contributed by atoms with van der Waals surface area (Å²) in [4.78, 5) is 21.4. The third-order valence-corrected chi connectivity index (χ3v) is 3.05. The van der Waals surface area contributed by atoms with Gasteiger partial charge in [-0.25, -0.2) is 14.4 Å². The predicted molar refractivity (Wildman–Crippen MR) is 72.2 cm³/mol. The van der Waals surface area contributed by atoms with Crippen LogP contribution >= 0.6 is 0 Å². The van der Waals surface area contributed by atoms with Crippen molar-refractivity contribution >= 4 is 28.5 Å². The summed E-state index contributed by atoms with van der Waals surface area (Å²) in [5.41, 5.74) is 1.91. The van der Waals surface area contributed by atoms with Gasteiger partial charge in [-0.1, -0.05) is 6.92 Å². The zero-order valence-electron chi connectivity index (χ0n) is 11.8. The molecule has 0 fully saturated rings. The number of nitrogens with one attached hydrogen (secondary N) is 1. The molecule has 0 aromatic carbocycles. The van der Waals surface area contributed by atoms with E-state index in [1.165, 1.54) is 6.92 Å². The number of amides is 1. The van der Waals surface area contributed by atoms with Crippen LogP contribution in [0.2, 0.25) is 0 Å². The van der Waals surface area contributed by atoms with Crippen molar-refractivity contribution in [1.82, 2.24) is 5.43 Å². The first-order chi connectivity index (χ1) is 9.99. The number of nitrogens with zero attached hydrogens (tertiary/aromatic N) is 1. The maximum absolute atomic E-state index is 10.8. The van der Waals surface area contributed by atoms with Gasteiger partial charge in [0.1, 0.15) is 6.10 Å². The lowest BCUT2D eigenvalue weighted by atomic mass is 9.90. The molecule has 4 atom stereocenters. The van der Waals surface area contributed by atoms with Crippen LogP contribution in [0.15, 0.2) is 5.10 Å². The second kappa shape index (κ2) is 8.75. The van der Waals surface area contributed by atoms with Gasteiger partial charge >= 0.3 is 16.4 Å². The highest BCUT2D eigenvalue weighted by Gasteiger charge is 2.37. The Morgan fingerprint density at radius 1 is 1.36 bits per heavy atom. The zero-order valence-corrected chi connectivity index (χ0v) is 12.6. The summed E-state index contributed by atoms with van der Waals surface area (Å²) < 4.78 is 34.3. The quantitative estimate of drug-likeness (QED) is 0.182. The fraction of sp³-hybridized carbons (Fsp3) is 0.700. The molecule has 0 saturated carbocycles. The highest BCUT2D eigenvalue weighted by atomic mass is 32.3. The van der Waals surface area contributed by atoms with E-state index in [0.717, 1.165) is 6.92 Å². The molecule has 11 nitrogen and oxygen atoms in total. The lowest BCUT2D eigenvalue weighted by Crippen LogP contribution is -2.45. The largest absolute Gasteiger partial charge is 0.479 e. The van der Waals surface area contributed by atoms with Crippen molar-refractivity contribution < 1.29 is 42.1 Å². The van der Waals surface area contributed by atoms with Gasteiger partial charge in [-0.2, -0.15) is 13.5 Å². The molecule has 1 amide bonds. The summed E-state index contributed by atoms with van der Waals surface area (Å²) in [7, 11) is -5.00. The normalized spacial score (nSPS) is 17.7. The van der Waals surface area contributed by atoms with Gasteiger partial charge in [0, 0.05) is 12.8 Å². The minimum atomic E-state index is -5.00. The molecule has 0 bridgehead atoms. The Bertz CT molecular complexity index is 518. The molecule has 5 N–H and O–H groups in total. The first-order valence-corrected chi connectivity index (χ1v) is 7.40. The Kier molecular flexibility index (Phi) is 8.11. The number of carboxylic acid groups (broad SMARTS) is 1. The molecule has 2 unspecified atom stereocenters. The molecular weight excluding hydrogens is 324 g/mol. The molecule has 12 heteroatoms. The van der Waals surface area contributed by atoms with Gasteiger partial charge in [0.05, 0.1) is 12.3 Å². The van der Waals surface area contributed by atoms with Crippen molar-refractivity contribution in [3.05, 3.63) is 0 Å². The van der Waals surface area contributed by atoms with E-state index >= 15 is 0 Å². The number of aliphatic carboxylic acids is 1. The van der Waals surface area contributed by atoms with Crippen LogP contribution in [0.3, 0.4) is 0 Å². The summed E-state index contributed by atoms with van der Waals surface area (Å²) >= 11 is 0. The number of hydrogen-bond acceptors (Lipinski definition) is 8. The average Bonchev–Trinajstić information content (AvgIpc) is 2.36. The van der Waals surface area contributed by atoms with Crippen LogP contribution in [0.5, 0.6) is 0 Å². The number of aliphatic hydroxyl groups is 2. The van der Waals surface area contributed by atoms with Gasteiger partial charge in [0.25, 0.3) is 0 Å². The van der Waals surface area contributed by atoms with E-state index in [0.29, 0.717) is 6.21 Å². The van der Waals surface area contributed by atoms with Crippen molar-refractivity contribution in [1.29, 1.82) is 0 Å². The summed E-state index contributed by atoms with van der Waals surface area (Å²) in [6.45, 7) is 2.55. The predicted octanol–water partition coefficient (Wildman–Crippen LogP) is -1.87. The topological polar surface area (TPSA) is 183 Å². The van der Waals surface area contributed by atoms with Crippen LogP contribution in [0.4, 0.5) is 0 Å². The fourth-order valence-electron chi connectivity index (χ4n) is 1.59. The van der Waals surface area contributed by atoms with Crippen LogP contribution in [0, 0.1) is 5.92 Å². The van der Waals surface area contributed by atoms with E-state index in [4.69, 9.17) is 9.66 Å². The molecule has 0 saturated heterocycles. The van der Waals surface area contributed by atoms with Crippen LogP contribution < -0.4 is 5.43 Å². The Balaban J connectivity index is 5.31. The highest BCUT2D eigenvalue weighted by molar-refractivity contribution is 7.80. The summed E-state index contributed by atoms with van der Waals surface area (Å²) in [6.07, 6.45) is -5.05. The number of carbonyl (C=O) groups excluding carboxylic acids is 1. The highest BCUT2D eigenvalue weighted by Crippen LogP contribution is 2.19. The van der Waals surface area contributed by atoms with E-state index in [1.54, 1.807) is 0 Å². The molecule has 0 aromatic rings. The van der Waals surface area contributed by atoms with E-state index in [1.807, 2.05) is 5.43 Å². The van der Waals surface area contributed by atoms with E-state index in [2.05, 4.69) is 9.28 Å². The number of hydrogen-bond donors (Lipinski definition) is 5. The van der Waals surface area contributed by atoms with Crippen molar-refractivity contribution in [2.75, 3.05) is 0 Å². The molecule has 128 valence electrons. The molecule has 0 radical (unpaired) electrons. The Labute approximate surface area is 126 Å². The Morgan fingerprint density at radius 3 is 2.27 bits per heavy atom. The van der Waals surface area contributed by atoms with E-state index in [-0.39, 0.29) is 6.42 Å². The van der Waals surface area contributed by atoms with Gasteiger partial charge < -0.3 is 15.3 Å². The van der Waals surface area contributed by atoms with Gasteiger partial charge in [-0.15, -0.1) is 0 Å². The van der Waals surface area contributed by atoms with Crippen molar-refractivity contribution in [3.63, 3.8) is 0 Å². The molecule has 0 aliphatic heterocycles. The SMILES string of the molecule is CC[C@H](C(O)C(=O)O)[C@@H](O)C(C=NNC(C)=O)OS(=O)(=O)O. The number of rotatable bonds is 9. The molecule has 0 rings (SSSR count). The molecule has 0 spiro atoms. The Hall–Kier alpha value is -1.60. The number of aliphatic hydroxyl groups excluding tert-OH is 2. The van der Waals surface area contributed by atoms with Crippen LogP contribution in [-0.2, 0) is 24.2 Å². The zero-order chi connectivity index (χ0) is 17.5. The summed E-state index contributed by atoms with van der Waals surface area (Å²) in [6, 6.07) is 0. The third-order valence-electron chi connectivity index (χ3n) is 2.58. The lowest BCUT2D eigenvalue weighted by Gasteiger charge is -2.27. The molecule has 22 heavy (non-hydrogen) atoms.